The van der Waals surface area contributed by atoms with E-state index in [4.69, 9.17) is 9.47 Å². The molecule has 55 heavy (non-hydrogen) atoms. The van der Waals surface area contributed by atoms with Gasteiger partial charge in [-0.25, -0.2) is 0 Å². The third-order valence-electron chi connectivity index (χ3n) is 10.3. The molecule has 0 bridgehead atoms. The minimum atomic E-state index is -1.39. The van der Waals surface area contributed by atoms with Crippen LogP contribution < -0.4 is 9.47 Å². The molecule has 9 N–H and O–H groups in total. The molecule has 2 heterocycles. The summed E-state index contributed by atoms with van der Waals surface area (Å²) in [5, 5.41) is 99.5. The first-order valence-electron chi connectivity index (χ1n) is 17.5. The van der Waals surface area contributed by atoms with Gasteiger partial charge >= 0.3 is 0 Å². The molecule has 278 valence electrons. The average Bonchev–Trinajstić information content (AvgIpc) is 3.16. The summed E-state index contributed by atoms with van der Waals surface area (Å²) in [6.45, 7) is 0. The Bertz CT molecular complexity index is 2270. The van der Waals surface area contributed by atoms with Gasteiger partial charge in [-0.1, -0.05) is 60.7 Å². The van der Waals surface area contributed by atoms with Gasteiger partial charge in [0.05, 0.1) is 0 Å². The fourth-order valence-corrected chi connectivity index (χ4v) is 7.71. The van der Waals surface area contributed by atoms with Gasteiger partial charge in [0.15, 0.2) is 12.2 Å². The van der Waals surface area contributed by atoms with Crippen LogP contribution in [0.3, 0.4) is 0 Å². The molecule has 0 fully saturated rings. The summed E-state index contributed by atoms with van der Waals surface area (Å²) in [5.74, 6) is -2.63. The van der Waals surface area contributed by atoms with Crippen LogP contribution in [0.25, 0.3) is 12.2 Å². The number of rotatable bonds is 6. The maximum absolute atomic E-state index is 12.3. The molecule has 0 amide bonds. The van der Waals surface area contributed by atoms with Crippen LogP contribution in [0.5, 0.6) is 51.7 Å². The Labute approximate surface area is 314 Å². The second kappa shape index (κ2) is 13.9. The van der Waals surface area contributed by atoms with E-state index in [9.17, 15) is 46.0 Å². The number of hydrogen-bond donors (Lipinski definition) is 9. The first-order valence-corrected chi connectivity index (χ1v) is 17.5. The summed E-state index contributed by atoms with van der Waals surface area (Å²) in [6.07, 6.45) is -1.55. The predicted molar refractivity (Wildman–Crippen MR) is 202 cm³/mol. The lowest BCUT2D eigenvalue weighted by Gasteiger charge is -2.40. The van der Waals surface area contributed by atoms with E-state index in [0.29, 0.717) is 27.8 Å². The van der Waals surface area contributed by atoms with Crippen molar-refractivity contribution in [1.82, 2.24) is 0 Å². The second-order valence-corrected chi connectivity index (χ2v) is 13.7. The Morgan fingerprint density at radius 3 is 1.22 bits per heavy atom. The standard InChI is InChI=1S/C44H36O11/c45-25-8-1-22(2-9-25)3-16-32-37(39-30-17-14-28(48)19-35(30)54-43(41(39)52)23-4-10-26(46)11-5-23)33(50)21-34(51)38(32)40-31-18-15-29(49)20-36(31)55-44(42(40)53)24-6-12-27(47)13-7-24/h1-21,39-53H/t39-,40+,41-,42+,43-,44-/m1/s1. The molecule has 0 aliphatic carbocycles. The Morgan fingerprint density at radius 1 is 0.418 bits per heavy atom. The highest BCUT2D eigenvalue weighted by Gasteiger charge is 2.45. The second-order valence-electron chi connectivity index (χ2n) is 13.7. The van der Waals surface area contributed by atoms with Gasteiger partial charge in [0, 0.05) is 52.3 Å². The highest BCUT2D eigenvalue weighted by Crippen LogP contribution is 2.55. The van der Waals surface area contributed by atoms with E-state index in [1.807, 2.05) is 0 Å². The molecule has 0 saturated heterocycles. The van der Waals surface area contributed by atoms with Crippen molar-refractivity contribution in [1.29, 1.82) is 0 Å². The molecule has 8 rings (SSSR count). The smallest absolute Gasteiger partial charge is 0.150 e. The minimum absolute atomic E-state index is 0.000321. The predicted octanol–water partition coefficient (Wildman–Crippen LogP) is 7.05. The van der Waals surface area contributed by atoms with E-state index in [0.717, 1.165) is 6.07 Å². The first-order chi connectivity index (χ1) is 26.5. The zero-order valence-corrected chi connectivity index (χ0v) is 28.9. The van der Waals surface area contributed by atoms with Crippen LogP contribution in [-0.2, 0) is 0 Å². The Balaban J connectivity index is 1.40. The molecule has 0 unspecified atom stereocenters. The maximum atomic E-state index is 12.3. The van der Waals surface area contributed by atoms with Crippen LogP contribution in [0.1, 0.15) is 68.6 Å². The van der Waals surface area contributed by atoms with Gasteiger partial charge in [0.2, 0.25) is 0 Å². The summed E-state index contributed by atoms with van der Waals surface area (Å²) in [5.41, 5.74) is 3.00. The lowest BCUT2D eigenvalue weighted by Crippen LogP contribution is -2.37. The van der Waals surface area contributed by atoms with Crippen molar-refractivity contribution in [2.24, 2.45) is 0 Å². The minimum Gasteiger partial charge on any atom is -0.508 e. The average molecular weight is 741 g/mol. The molecule has 6 aromatic carbocycles. The van der Waals surface area contributed by atoms with Gasteiger partial charge in [0.25, 0.3) is 0 Å². The molecule has 0 saturated carbocycles. The van der Waals surface area contributed by atoms with Crippen molar-refractivity contribution in [3.63, 3.8) is 0 Å². The quantitative estimate of drug-likeness (QED) is 0.0793. The van der Waals surface area contributed by atoms with Crippen molar-refractivity contribution < 1.29 is 55.4 Å². The molecule has 6 atom stereocenters. The molecule has 0 spiro atoms. The van der Waals surface area contributed by atoms with Gasteiger partial charge < -0.3 is 55.4 Å². The summed E-state index contributed by atoms with van der Waals surface area (Å²) >= 11 is 0. The van der Waals surface area contributed by atoms with Gasteiger partial charge in [-0.05, 0) is 70.8 Å². The van der Waals surface area contributed by atoms with E-state index in [-0.39, 0.29) is 68.4 Å². The van der Waals surface area contributed by atoms with Gasteiger partial charge in [0.1, 0.15) is 64.0 Å². The number of benzene rings is 6. The SMILES string of the molecule is Oc1ccc(C=Cc2c([C@H]3c4ccc(O)cc4O[C@H](c4ccc(O)cc4)[C@@H]3O)c(O)cc(O)c2[C@@H]2c3ccc(O)cc3O[C@H](c3ccc(O)cc3)[C@H]2O)cc1. The fourth-order valence-electron chi connectivity index (χ4n) is 7.71. The number of fused-ring (bicyclic) bond motifs is 2. The summed E-state index contributed by atoms with van der Waals surface area (Å²) < 4.78 is 12.6. The van der Waals surface area contributed by atoms with Crippen LogP contribution >= 0.6 is 0 Å². The number of aliphatic hydroxyl groups excluding tert-OH is 2. The maximum Gasteiger partial charge on any atom is 0.150 e. The van der Waals surface area contributed by atoms with E-state index in [1.54, 1.807) is 60.7 Å². The molecule has 2 aliphatic rings. The van der Waals surface area contributed by atoms with E-state index >= 15 is 0 Å². The Kier molecular flexibility index (Phi) is 8.88. The van der Waals surface area contributed by atoms with Gasteiger partial charge in [-0.2, -0.15) is 0 Å². The molecule has 6 aromatic rings. The Hall–Kier alpha value is -6.82. The normalized spacial score (nSPS) is 21.6. The number of phenolic OH excluding ortho intramolecular Hbond substituents is 7. The third kappa shape index (κ3) is 6.45. The van der Waals surface area contributed by atoms with Crippen LogP contribution in [0.4, 0.5) is 0 Å². The number of hydrogen-bond acceptors (Lipinski definition) is 11. The van der Waals surface area contributed by atoms with Crippen molar-refractivity contribution in [2.75, 3.05) is 0 Å². The third-order valence-corrected chi connectivity index (χ3v) is 10.3. The number of aromatic hydroxyl groups is 7. The van der Waals surface area contributed by atoms with Crippen LogP contribution in [0.2, 0.25) is 0 Å². The zero-order chi connectivity index (χ0) is 38.5. The van der Waals surface area contributed by atoms with Crippen LogP contribution in [-0.4, -0.2) is 58.2 Å². The fraction of sp³-hybridized carbons (Fsp3) is 0.136. The zero-order valence-electron chi connectivity index (χ0n) is 28.9. The van der Waals surface area contributed by atoms with E-state index in [1.165, 1.54) is 60.7 Å². The van der Waals surface area contributed by atoms with Gasteiger partial charge in [-0.3, -0.25) is 0 Å². The number of phenols is 7. The Morgan fingerprint density at radius 2 is 0.800 bits per heavy atom. The molecule has 0 radical (unpaired) electrons. The molecule has 0 aromatic heterocycles. The summed E-state index contributed by atoms with van der Waals surface area (Å²) in [6, 6.07) is 28.5. The molecule has 2 aliphatic heterocycles. The monoisotopic (exact) mass is 740 g/mol. The van der Waals surface area contributed by atoms with Crippen molar-refractivity contribution in [3.05, 3.63) is 160 Å². The largest absolute Gasteiger partial charge is 0.508 e. The summed E-state index contributed by atoms with van der Waals surface area (Å²) in [4.78, 5) is 0. The lowest BCUT2D eigenvalue weighted by atomic mass is 9.73. The summed E-state index contributed by atoms with van der Waals surface area (Å²) in [7, 11) is 0. The molecule has 11 nitrogen and oxygen atoms in total. The van der Waals surface area contributed by atoms with E-state index in [2.05, 4.69) is 0 Å². The van der Waals surface area contributed by atoms with Crippen molar-refractivity contribution in [2.45, 2.75) is 36.3 Å². The first kappa shape index (κ1) is 35.2. The molecular weight excluding hydrogens is 704 g/mol. The van der Waals surface area contributed by atoms with E-state index < -0.39 is 36.3 Å². The molecule has 11 heteroatoms. The highest BCUT2D eigenvalue weighted by atomic mass is 16.5. The van der Waals surface area contributed by atoms with Gasteiger partial charge in [-0.15, -0.1) is 0 Å². The van der Waals surface area contributed by atoms with Crippen molar-refractivity contribution in [3.8, 4) is 51.7 Å². The lowest BCUT2D eigenvalue weighted by molar-refractivity contribution is 0.00635. The van der Waals surface area contributed by atoms with Crippen molar-refractivity contribution >= 4 is 12.2 Å². The van der Waals surface area contributed by atoms with Crippen LogP contribution in [0, 0.1) is 0 Å². The highest BCUT2D eigenvalue weighted by molar-refractivity contribution is 5.79. The topological polar surface area (TPSA) is 201 Å². The number of ether oxygens (including phenoxy) is 2. The number of aliphatic hydroxyl groups is 2. The molecular formula is C44H36O11. The van der Waals surface area contributed by atoms with Crippen LogP contribution in [0.15, 0.2) is 115 Å².